The highest BCUT2D eigenvalue weighted by molar-refractivity contribution is 5.83. The number of cyclic esters (lactones) is 1. The molecule has 4 rings (SSSR count). The van der Waals surface area contributed by atoms with Crippen molar-refractivity contribution in [3.63, 3.8) is 0 Å². The number of halogens is 2. The summed E-state index contributed by atoms with van der Waals surface area (Å²) in [5.41, 5.74) is 0.0951. The smallest absolute Gasteiger partial charge is 0.411 e. The summed E-state index contributed by atoms with van der Waals surface area (Å²) in [5, 5.41) is 0. The molecule has 8 heteroatoms. The molecule has 0 radical (unpaired) electrons. The van der Waals surface area contributed by atoms with Crippen molar-refractivity contribution in [3.05, 3.63) is 71.3 Å². The Hall–Kier alpha value is -3.00. The van der Waals surface area contributed by atoms with Crippen LogP contribution in [0.1, 0.15) is 63.1 Å². The van der Waals surface area contributed by atoms with E-state index in [2.05, 4.69) is 4.90 Å². The third-order valence-electron chi connectivity index (χ3n) is 7.80. The lowest BCUT2D eigenvalue weighted by Crippen LogP contribution is -2.48. The number of benzene rings is 2. The average Bonchev–Trinajstić information content (AvgIpc) is 3.13. The lowest BCUT2D eigenvalue weighted by Gasteiger charge is -2.40. The van der Waals surface area contributed by atoms with Crippen LogP contribution in [0.3, 0.4) is 0 Å². The van der Waals surface area contributed by atoms with E-state index in [0.717, 1.165) is 56.6 Å². The number of hydrogen-bond donors (Lipinski definition) is 0. The van der Waals surface area contributed by atoms with Crippen LogP contribution in [0.5, 0.6) is 0 Å². The average molecular weight is 515 g/mol. The third kappa shape index (κ3) is 5.64. The molecule has 0 saturated carbocycles. The normalized spacial score (nSPS) is 21.1. The van der Waals surface area contributed by atoms with Gasteiger partial charge in [0.05, 0.1) is 18.6 Å². The molecule has 0 spiro atoms. The highest BCUT2D eigenvalue weighted by atomic mass is 19.2. The Kier molecular flexibility index (Phi) is 8.17. The summed E-state index contributed by atoms with van der Waals surface area (Å²) >= 11 is 0. The summed E-state index contributed by atoms with van der Waals surface area (Å²) in [6.45, 7) is 6.59. The lowest BCUT2D eigenvalue weighted by molar-refractivity contribution is -0.149. The molecule has 1 amide bonds. The zero-order valence-electron chi connectivity index (χ0n) is 21.8. The van der Waals surface area contributed by atoms with E-state index in [1.54, 1.807) is 18.7 Å². The zero-order chi connectivity index (χ0) is 26.6. The molecule has 0 aromatic heterocycles. The van der Waals surface area contributed by atoms with E-state index in [1.807, 2.05) is 30.3 Å². The number of carbonyl (C=O) groups excluding carboxylic acids is 2. The number of carbonyl (C=O) groups is 2. The minimum absolute atomic E-state index is 0.172. The van der Waals surface area contributed by atoms with Crippen LogP contribution in [0.2, 0.25) is 0 Å². The number of methoxy groups -OCH3 is 1. The molecule has 1 atom stereocenters. The molecule has 1 unspecified atom stereocenters. The van der Waals surface area contributed by atoms with Crippen molar-refractivity contribution in [1.82, 2.24) is 9.80 Å². The number of nitrogens with zero attached hydrogens (tertiary/aromatic N) is 2. The Morgan fingerprint density at radius 3 is 2.32 bits per heavy atom. The standard InChI is InChI=1S/C29H36F2N2O4/c1-28(2)25(21-12-13-23(30)24(31)20-21)33(27(35)37-28)17-9-5-8-16-32-18-14-29(15-19-32,26(34)36-3)22-10-6-4-7-11-22/h4,6-7,10-13,20,25H,5,8-9,14-19H2,1-3H3. The summed E-state index contributed by atoms with van der Waals surface area (Å²) in [4.78, 5) is 29.3. The largest absolute Gasteiger partial charge is 0.468 e. The highest BCUT2D eigenvalue weighted by Crippen LogP contribution is 2.41. The van der Waals surface area contributed by atoms with Gasteiger partial charge in [-0.3, -0.25) is 9.69 Å². The van der Waals surface area contributed by atoms with E-state index >= 15 is 0 Å². The second kappa shape index (κ2) is 11.2. The maximum Gasteiger partial charge on any atom is 0.411 e. The molecule has 200 valence electrons. The van der Waals surface area contributed by atoms with Crippen molar-refractivity contribution in [2.24, 2.45) is 0 Å². The van der Waals surface area contributed by atoms with E-state index in [1.165, 1.54) is 13.2 Å². The maximum atomic E-state index is 13.9. The minimum Gasteiger partial charge on any atom is -0.468 e. The Bertz CT molecular complexity index is 1100. The van der Waals surface area contributed by atoms with Crippen LogP contribution in [-0.2, 0) is 19.7 Å². The van der Waals surface area contributed by atoms with E-state index in [0.29, 0.717) is 24.9 Å². The summed E-state index contributed by atoms with van der Waals surface area (Å²) in [5.74, 6) is -2.02. The van der Waals surface area contributed by atoms with Crippen molar-refractivity contribution >= 4 is 12.1 Å². The van der Waals surface area contributed by atoms with Crippen molar-refractivity contribution in [2.75, 3.05) is 33.3 Å². The number of ether oxygens (including phenoxy) is 2. The van der Waals surface area contributed by atoms with Gasteiger partial charge >= 0.3 is 12.1 Å². The monoisotopic (exact) mass is 514 g/mol. The Balaban J connectivity index is 1.28. The molecule has 2 aromatic carbocycles. The second-order valence-electron chi connectivity index (χ2n) is 10.6. The van der Waals surface area contributed by atoms with Crippen LogP contribution in [-0.4, -0.2) is 60.8 Å². The van der Waals surface area contributed by atoms with Crippen molar-refractivity contribution in [1.29, 1.82) is 0 Å². The number of esters is 1. The zero-order valence-corrected chi connectivity index (χ0v) is 21.8. The van der Waals surface area contributed by atoms with Gasteiger partial charge in [-0.15, -0.1) is 0 Å². The van der Waals surface area contributed by atoms with Gasteiger partial charge in [0.1, 0.15) is 5.60 Å². The number of unbranched alkanes of at least 4 members (excludes halogenated alkanes) is 2. The molecular weight excluding hydrogens is 478 g/mol. The lowest BCUT2D eigenvalue weighted by atomic mass is 9.72. The SMILES string of the molecule is COC(=O)C1(c2ccccc2)CCN(CCCCCN2C(=O)OC(C)(C)C2c2ccc(F)c(F)c2)CC1. The molecule has 2 aliphatic heterocycles. The van der Waals surface area contributed by atoms with E-state index in [4.69, 9.17) is 9.47 Å². The minimum atomic E-state index is -0.933. The van der Waals surface area contributed by atoms with Gasteiger partial charge in [0.25, 0.3) is 0 Å². The van der Waals surface area contributed by atoms with Crippen LogP contribution in [0.4, 0.5) is 13.6 Å². The second-order valence-corrected chi connectivity index (χ2v) is 10.6. The van der Waals surface area contributed by atoms with E-state index in [9.17, 15) is 18.4 Å². The molecule has 0 N–H and O–H groups in total. The van der Waals surface area contributed by atoms with Crippen molar-refractivity contribution < 1.29 is 27.8 Å². The number of rotatable bonds is 9. The number of likely N-dealkylation sites (tertiary alicyclic amines) is 1. The fourth-order valence-electron chi connectivity index (χ4n) is 5.82. The molecular formula is C29H36F2N2O4. The van der Waals surface area contributed by atoms with Crippen LogP contribution >= 0.6 is 0 Å². The van der Waals surface area contributed by atoms with Crippen molar-refractivity contribution in [3.8, 4) is 0 Å². The van der Waals surface area contributed by atoms with Gasteiger partial charge in [-0.25, -0.2) is 13.6 Å². The molecule has 2 saturated heterocycles. The fraction of sp³-hybridized carbons (Fsp3) is 0.517. The maximum absolute atomic E-state index is 13.9. The first-order chi connectivity index (χ1) is 17.7. The third-order valence-corrected chi connectivity index (χ3v) is 7.80. The molecule has 2 aromatic rings. The van der Waals surface area contributed by atoms with Gasteiger partial charge in [0.15, 0.2) is 11.6 Å². The van der Waals surface area contributed by atoms with Gasteiger partial charge in [0.2, 0.25) is 0 Å². The topological polar surface area (TPSA) is 59.1 Å². The quantitative estimate of drug-likeness (QED) is 0.321. The Labute approximate surface area is 217 Å². The van der Waals surface area contributed by atoms with Crippen LogP contribution < -0.4 is 0 Å². The van der Waals surface area contributed by atoms with Gasteiger partial charge in [-0.1, -0.05) is 42.8 Å². The Morgan fingerprint density at radius 2 is 1.68 bits per heavy atom. The predicted molar refractivity (Wildman–Crippen MR) is 136 cm³/mol. The molecule has 37 heavy (non-hydrogen) atoms. The molecule has 0 aliphatic carbocycles. The summed E-state index contributed by atoms with van der Waals surface area (Å²) in [7, 11) is 1.45. The molecule has 2 heterocycles. The first-order valence-electron chi connectivity index (χ1n) is 13.0. The fourth-order valence-corrected chi connectivity index (χ4v) is 5.82. The molecule has 6 nitrogen and oxygen atoms in total. The van der Waals surface area contributed by atoms with Gasteiger partial charge in [-0.2, -0.15) is 0 Å². The summed E-state index contributed by atoms with van der Waals surface area (Å²) in [6, 6.07) is 13.1. The summed E-state index contributed by atoms with van der Waals surface area (Å²) < 4.78 is 38.1. The van der Waals surface area contributed by atoms with Gasteiger partial charge < -0.3 is 14.4 Å². The van der Waals surface area contributed by atoms with Gasteiger partial charge in [0, 0.05) is 6.54 Å². The van der Waals surface area contributed by atoms with Crippen LogP contribution in [0.25, 0.3) is 0 Å². The van der Waals surface area contributed by atoms with Crippen LogP contribution in [0.15, 0.2) is 48.5 Å². The summed E-state index contributed by atoms with van der Waals surface area (Å²) in [6.07, 6.45) is 3.64. The first-order valence-corrected chi connectivity index (χ1v) is 13.0. The van der Waals surface area contributed by atoms with E-state index in [-0.39, 0.29) is 5.97 Å². The molecule has 0 bridgehead atoms. The highest BCUT2D eigenvalue weighted by Gasteiger charge is 2.48. The number of hydrogen-bond acceptors (Lipinski definition) is 5. The predicted octanol–water partition coefficient (Wildman–Crippen LogP) is 5.61. The number of piperidine rings is 1. The van der Waals surface area contributed by atoms with Crippen LogP contribution in [0, 0.1) is 11.6 Å². The first kappa shape index (κ1) is 27.0. The Morgan fingerprint density at radius 1 is 1.00 bits per heavy atom. The number of amides is 1. The molecule has 2 aliphatic rings. The van der Waals surface area contributed by atoms with E-state index < -0.39 is 34.8 Å². The van der Waals surface area contributed by atoms with Gasteiger partial charge in [-0.05, 0) is 82.4 Å². The van der Waals surface area contributed by atoms with Crippen molar-refractivity contribution in [2.45, 2.75) is 63.0 Å². The molecule has 2 fully saturated rings.